The molecule has 0 aliphatic carbocycles. The fourth-order valence-corrected chi connectivity index (χ4v) is 3.42. The van der Waals surface area contributed by atoms with Gasteiger partial charge in [0.25, 0.3) is 0 Å². The fourth-order valence-electron chi connectivity index (χ4n) is 3.42. The van der Waals surface area contributed by atoms with E-state index in [0.29, 0.717) is 19.1 Å². The van der Waals surface area contributed by atoms with Gasteiger partial charge < -0.3 is 19.6 Å². The van der Waals surface area contributed by atoms with Gasteiger partial charge in [-0.1, -0.05) is 77.0 Å². The first-order chi connectivity index (χ1) is 14.1. The smallest absolute Gasteiger partial charge is 0.305 e. The van der Waals surface area contributed by atoms with Crippen LogP contribution < -0.4 is 0 Å². The Kier molecular flexibility index (Phi) is 19.8. The summed E-state index contributed by atoms with van der Waals surface area (Å²) in [4.78, 5) is 44.9. The second-order valence-corrected chi connectivity index (χ2v) is 7.81. The Morgan fingerprint density at radius 3 is 1.48 bits per heavy atom. The second kappa shape index (κ2) is 21.0. The molecule has 0 fully saturated rings. The van der Waals surface area contributed by atoms with Crippen LogP contribution in [-0.2, 0) is 19.2 Å². The van der Waals surface area contributed by atoms with E-state index in [1.807, 2.05) is 0 Å². The van der Waals surface area contributed by atoms with Gasteiger partial charge in [-0.3, -0.25) is 9.59 Å². The predicted molar refractivity (Wildman–Crippen MR) is 115 cm³/mol. The number of nitrogens with zero attached hydrogens (tertiary/aromatic N) is 1. The SMILES string of the molecule is O=CCCCCCCCCCCCCCCCCC(=O)N(CC=O)CCC(=O)O. The van der Waals surface area contributed by atoms with Crippen LogP contribution in [0.3, 0.4) is 0 Å². The lowest BCUT2D eigenvalue weighted by atomic mass is 10.0. The molecule has 0 aromatic rings. The van der Waals surface area contributed by atoms with E-state index in [9.17, 15) is 19.2 Å². The molecule has 168 valence electrons. The predicted octanol–water partition coefficient (Wildman–Crippen LogP) is 4.93. The van der Waals surface area contributed by atoms with Crippen molar-refractivity contribution in [2.75, 3.05) is 13.1 Å². The van der Waals surface area contributed by atoms with Crippen LogP contribution in [0.4, 0.5) is 0 Å². The first-order valence-electron chi connectivity index (χ1n) is 11.5. The van der Waals surface area contributed by atoms with Crippen molar-refractivity contribution in [2.24, 2.45) is 0 Å². The monoisotopic (exact) mass is 411 g/mol. The molecule has 0 aliphatic heterocycles. The fraction of sp³-hybridized carbons (Fsp3) is 0.826. The van der Waals surface area contributed by atoms with Crippen LogP contribution in [0.1, 0.15) is 109 Å². The largest absolute Gasteiger partial charge is 0.481 e. The van der Waals surface area contributed by atoms with Crippen LogP contribution in [0, 0.1) is 0 Å². The molecule has 29 heavy (non-hydrogen) atoms. The molecule has 0 rings (SSSR count). The van der Waals surface area contributed by atoms with Crippen LogP contribution >= 0.6 is 0 Å². The number of aliphatic carboxylic acids is 1. The Morgan fingerprint density at radius 2 is 1.07 bits per heavy atom. The highest BCUT2D eigenvalue weighted by Gasteiger charge is 2.13. The molecule has 0 bridgehead atoms. The van der Waals surface area contributed by atoms with Gasteiger partial charge in [-0.05, 0) is 12.8 Å². The van der Waals surface area contributed by atoms with Crippen molar-refractivity contribution in [3.63, 3.8) is 0 Å². The Labute approximate surface area is 176 Å². The first kappa shape index (κ1) is 27.3. The molecule has 6 nitrogen and oxygen atoms in total. The molecule has 0 heterocycles. The highest BCUT2D eigenvalue weighted by Crippen LogP contribution is 2.14. The third-order valence-corrected chi connectivity index (χ3v) is 5.21. The third kappa shape index (κ3) is 19.4. The highest BCUT2D eigenvalue weighted by atomic mass is 16.4. The molecule has 0 spiro atoms. The van der Waals surface area contributed by atoms with Gasteiger partial charge in [-0.25, -0.2) is 0 Å². The number of rotatable bonds is 22. The van der Waals surface area contributed by atoms with Gasteiger partial charge in [0.05, 0.1) is 13.0 Å². The molecule has 0 atom stereocenters. The molecular formula is C23H41NO5. The summed E-state index contributed by atoms with van der Waals surface area (Å²) >= 11 is 0. The summed E-state index contributed by atoms with van der Waals surface area (Å²) in [6, 6.07) is 0. The maximum Gasteiger partial charge on any atom is 0.305 e. The van der Waals surface area contributed by atoms with Crippen LogP contribution in [0.2, 0.25) is 0 Å². The average Bonchev–Trinajstić information content (AvgIpc) is 2.70. The number of unbranched alkanes of at least 4 members (excludes halogenated alkanes) is 14. The van der Waals surface area contributed by atoms with Crippen LogP contribution in [-0.4, -0.2) is 47.5 Å². The standard InChI is InChI=1S/C23H41NO5/c25-20-15-13-11-9-7-5-3-1-2-4-6-8-10-12-14-16-22(27)24(19-21-26)18-17-23(28)29/h20-21H,1-19H2,(H,28,29). The summed E-state index contributed by atoms with van der Waals surface area (Å²) in [5, 5.41) is 8.70. The maximum absolute atomic E-state index is 12.1. The Hall–Kier alpha value is -1.72. The number of hydrogen-bond acceptors (Lipinski definition) is 4. The summed E-state index contributed by atoms with van der Waals surface area (Å²) in [7, 11) is 0. The Balaban J connectivity index is 3.43. The summed E-state index contributed by atoms with van der Waals surface area (Å²) in [6.07, 6.45) is 19.3. The molecule has 0 aromatic heterocycles. The summed E-state index contributed by atoms with van der Waals surface area (Å²) in [5.74, 6) is -1.08. The molecule has 0 aromatic carbocycles. The molecule has 0 saturated carbocycles. The Bertz CT molecular complexity index is 439. The number of amides is 1. The van der Waals surface area contributed by atoms with Crippen molar-refractivity contribution in [3.8, 4) is 0 Å². The number of carboxylic acid groups (broad SMARTS) is 1. The van der Waals surface area contributed by atoms with Crippen molar-refractivity contribution in [2.45, 2.75) is 109 Å². The number of hydrogen-bond donors (Lipinski definition) is 1. The van der Waals surface area contributed by atoms with E-state index >= 15 is 0 Å². The number of aldehydes is 2. The summed E-state index contributed by atoms with van der Waals surface area (Å²) in [5.41, 5.74) is 0. The zero-order chi connectivity index (χ0) is 21.6. The lowest BCUT2D eigenvalue weighted by Gasteiger charge is -2.19. The molecular weight excluding hydrogens is 370 g/mol. The van der Waals surface area contributed by atoms with Crippen molar-refractivity contribution < 1.29 is 24.3 Å². The lowest BCUT2D eigenvalue weighted by Crippen LogP contribution is -2.34. The van der Waals surface area contributed by atoms with E-state index in [1.165, 1.54) is 69.1 Å². The van der Waals surface area contributed by atoms with Gasteiger partial charge in [0, 0.05) is 19.4 Å². The number of carboxylic acids is 1. The summed E-state index contributed by atoms with van der Waals surface area (Å²) in [6.45, 7) is 0.0827. The molecule has 1 N–H and O–H groups in total. The van der Waals surface area contributed by atoms with E-state index in [1.54, 1.807) is 0 Å². The topological polar surface area (TPSA) is 91.8 Å². The van der Waals surface area contributed by atoms with E-state index in [0.717, 1.165) is 32.0 Å². The molecule has 0 aliphatic rings. The van der Waals surface area contributed by atoms with Crippen molar-refractivity contribution in [3.05, 3.63) is 0 Å². The first-order valence-corrected chi connectivity index (χ1v) is 11.5. The van der Waals surface area contributed by atoms with E-state index in [-0.39, 0.29) is 25.4 Å². The van der Waals surface area contributed by atoms with Gasteiger partial charge in [0.15, 0.2) is 0 Å². The van der Waals surface area contributed by atoms with Crippen LogP contribution in [0.25, 0.3) is 0 Å². The van der Waals surface area contributed by atoms with Gasteiger partial charge in [0.1, 0.15) is 12.6 Å². The van der Waals surface area contributed by atoms with Crippen molar-refractivity contribution in [1.29, 1.82) is 0 Å². The van der Waals surface area contributed by atoms with Crippen molar-refractivity contribution in [1.82, 2.24) is 4.90 Å². The van der Waals surface area contributed by atoms with Gasteiger partial charge in [0.2, 0.25) is 5.91 Å². The zero-order valence-corrected chi connectivity index (χ0v) is 18.1. The highest BCUT2D eigenvalue weighted by molar-refractivity contribution is 5.79. The maximum atomic E-state index is 12.1. The number of carbonyl (C=O) groups is 4. The van der Waals surface area contributed by atoms with E-state index < -0.39 is 5.97 Å². The van der Waals surface area contributed by atoms with Gasteiger partial charge in [-0.2, -0.15) is 0 Å². The zero-order valence-electron chi connectivity index (χ0n) is 18.1. The molecule has 0 saturated heterocycles. The third-order valence-electron chi connectivity index (χ3n) is 5.21. The van der Waals surface area contributed by atoms with E-state index in [2.05, 4.69) is 0 Å². The molecule has 6 heteroatoms. The lowest BCUT2D eigenvalue weighted by molar-refractivity contribution is -0.139. The van der Waals surface area contributed by atoms with Crippen molar-refractivity contribution >= 4 is 24.4 Å². The minimum Gasteiger partial charge on any atom is -0.481 e. The van der Waals surface area contributed by atoms with Gasteiger partial charge >= 0.3 is 5.97 Å². The second-order valence-electron chi connectivity index (χ2n) is 7.81. The quantitative estimate of drug-likeness (QED) is 0.201. The molecule has 0 radical (unpaired) electrons. The normalized spacial score (nSPS) is 10.6. The van der Waals surface area contributed by atoms with Crippen LogP contribution in [0.15, 0.2) is 0 Å². The summed E-state index contributed by atoms with van der Waals surface area (Å²) < 4.78 is 0. The van der Waals surface area contributed by atoms with Gasteiger partial charge in [-0.15, -0.1) is 0 Å². The minimum atomic E-state index is -0.959. The van der Waals surface area contributed by atoms with Crippen LogP contribution in [0.5, 0.6) is 0 Å². The minimum absolute atomic E-state index is 0.0215. The Morgan fingerprint density at radius 1 is 0.621 bits per heavy atom. The number of carbonyl (C=O) groups excluding carboxylic acids is 3. The average molecular weight is 412 g/mol. The molecule has 0 unspecified atom stereocenters. The molecule has 1 amide bonds. The van der Waals surface area contributed by atoms with E-state index in [4.69, 9.17) is 5.11 Å².